The van der Waals surface area contributed by atoms with Crippen molar-refractivity contribution in [2.75, 3.05) is 6.61 Å². The first-order valence-electron chi connectivity index (χ1n) is 4.37. The molecular weight excluding hydrogens is 164 g/mol. The maximum atomic E-state index is 10.9. The van der Waals surface area contributed by atoms with Crippen LogP contribution < -0.4 is 0 Å². The Bertz CT molecular complexity index is 287. The highest BCUT2D eigenvalue weighted by molar-refractivity contribution is 5.94. The molecule has 0 aliphatic rings. The number of ketones is 1. The molecule has 0 aliphatic carbocycles. The molecule has 1 atom stereocenters. The summed E-state index contributed by atoms with van der Waals surface area (Å²) in [6.07, 6.45) is 0. The van der Waals surface area contributed by atoms with Gasteiger partial charge in [0, 0.05) is 18.1 Å². The van der Waals surface area contributed by atoms with Gasteiger partial charge in [0.25, 0.3) is 0 Å². The van der Waals surface area contributed by atoms with Crippen LogP contribution in [0.5, 0.6) is 0 Å². The largest absolute Gasteiger partial charge is 0.396 e. The minimum Gasteiger partial charge on any atom is -0.396 e. The highest BCUT2D eigenvalue weighted by Crippen LogP contribution is 2.15. The molecular formula is C11H14O2. The van der Waals surface area contributed by atoms with Crippen molar-refractivity contribution in [2.24, 2.45) is 0 Å². The molecule has 0 saturated heterocycles. The van der Waals surface area contributed by atoms with Gasteiger partial charge in [0.1, 0.15) is 0 Å². The summed E-state index contributed by atoms with van der Waals surface area (Å²) in [5.41, 5.74) is 1.78. The Morgan fingerprint density at radius 2 is 1.92 bits per heavy atom. The summed E-state index contributed by atoms with van der Waals surface area (Å²) >= 11 is 0. The van der Waals surface area contributed by atoms with Gasteiger partial charge in [-0.15, -0.1) is 0 Å². The van der Waals surface area contributed by atoms with Crippen LogP contribution in [-0.4, -0.2) is 17.5 Å². The molecule has 0 radical (unpaired) electrons. The molecule has 0 saturated carbocycles. The van der Waals surface area contributed by atoms with Crippen LogP contribution in [0.2, 0.25) is 0 Å². The summed E-state index contributed by atoms with van der Waals surface area (Å²) in [6, 6.07) is 7.36. The quantitative estimate of drug-likeness (QED) is 0.718. The molecule has 0 amide bonds. The fourth-order valence-electron chi connectivity index (χ4n) is 1.15. The number of hydrogen-bond acceptors (Lipinski definition) is 2. The Hall–Kier alpha value is -1.15. The topological polar surface area (TPSA) is 37.3 Å². The van der Waals surface area contributed by atoms with E-state index in [9.17, 15) is 4.79 Å². The monoisotopic (exact) mass is 178 g/mol. The molecule has 0 spiro atoms. The van der Waals surface area contributed by atoms with Crippen molar-refractivity contribution in [3.05, 3.63) is 35.4 Å². The number of carbonyl (C=O) groups is 1. The fourth-order valence-corrected chi connectivity index (χ4v) is 1.15. The summed E-state index contributed by atoms with van der Waals surface area (Å²) < 4.78 is 0. The van der Waals surface area contributed by atoms with E-state index in [4.69, 9.17) is 5.11 Å². The Morgan fingerprint density at radius 3 is 2.31 bits per heavy atom. The molecule has 0 fully saturated rings. The van der Waals surface area contributed by atoms with Gasteiger partial charge in [-0.05, 0) is 12.5 Å². The van der Waals surface area contributed by atoms with Crippen molar-refractivity contribution >= 4 is 5.78 Å². The Labute approximate surface area is 78.2 Å². The number of aliphatic hydroxyl groups is 1. The van der Waals surface area contributed by atoms with Gasteiger partial charge < -0.3 is 5.11 Å². The summed E-state index contributed by atoms with van der Waals surface area (Å²) in [6.45, 7) is 3.63. The lowest BCUT2D eigenvalue weighted by atomic mass is 10.00. The lowest BCUT2D eigenvalue weighted by Gasteiger charge is -2.07. The Morgan fingerprint density at radius 1 is 1.38 bits per heavy atom. The van der Waals surface area contributed by atoms with E-state index in [0.717, 1.165) is 5.56 Å². The molecule has 13 heavy (non-hydrogen) atoms. The third-order valence-electron chi connectivity index (χ3n) is 2.16. The molecule has 1 unspecified atom stereocenters. The second-order valence-electron chi connectivity index (χ2n) is 3.26. The minimum absolute atomic E-state index is 0.0724. The number of rotatable bonds is 3. The number of carbonyl (C=O) groups excluding carboxylic acids is 1. The van der Waals surface area contributed by atoms with Gasteiger partial charge >= 0.3 is 0 Å². The average molecular weight is 178 g/mol. The SMILES string of the molecule is CC(=O)c1ccc(C(C)CO)cc1. The van der Waals surface area contributed by atoms with Crippen LogP contribution in [0.3, 0.4) is 0 Å². The molecule has 1 rings (SSSR count). The standard InChI is InChI=1S/C11H14O2/c1-8(7-12)10-3-5-11(6-4-10)9(2)13/h3-6,8,12H,7H2,1-2H3. The predicted molar refractivity (Wildman–Crippen MR) is 51.9 cm³/mol. The van der Waals surface area contributed by atoms with E-state index in [1.807, 2.05) is 19.1 Å². The van der Waals surface area contributed by atoms with E-state index in [1.54, 1.807) is 19.1 Å². The second-order valence-corrected chi connectivity index (χ2v) is 3.26. The highest BCUT2D eigenvalue weighted by atomic mass is 16.3. The van der Waals surface area contributed by atoms with E-state index < -0.39 is 0 Å². The van der Waals surface area contributed by atoms with E-state index >= 15 is 0 Å². The van der Waals surface area contributed by atoms with Gasteiger partial charge in [-0.3, -0.25) is 4.79 Å². The first-order chi connectivity index (χ1) is 6.15. The molecule has 1 N–H and O–H groups in total. The van der Waals surface area contributed by atoms with Gasteiger partial charge in [-0.25, -0.2) is 0 Å². The van der Waals surface area contributed by atoms with E-state index in [0.29, 0.717) is 5.56 Å². The minimum atomic E-state index is 0.0724. The van der Waals surface area contributed by atoms with Gasteiger partial charge in [0.2, 0.25) is 0 Å². The highest BCUT2D eigenvalue weighted by Gasteiger charge is 2.04. The molecule has 2 heteroatoms. The third kappa shape index (κ3) is 2.39. The molecule has 1 aromatic carbocycles. The zero-order valence-corrected chi connectivity index (χ0v) is 7.95. The number of Topliss-reactive ketones (excluding diaryl/α,β-unsaturated/α-hetero) is 1. The zero-order valence-electron chi connectivity index (χ0n) is 7.95. The molecule has 70 valence electrons. The molecule has 1 aromatic rings. The molecule has 2 nitrogen and oxygen atoms in total. The zero-order chi connectivity index (χ0) is 9.84. The third-order valence-corrected chi connectivity index (χ3v) is 2.16. The normalized spacial score (nSPS) is 12.5. The van der Waals surface area contributed by atoms with Crippen LogP contribution >= 0.6 is 0 Å². The first kappa shape index (κ1) is 9.93. The van der Waals surface area contributed by atoms with Crippen molar-refractivity contribution in [3.63, 3.8) is 0 Å². The van der Waals surface area contributed by atoms with E-state index in [2.05, 4.69) is 0 Å². The summed E-state index contributed by atoms with van der Waals surface area (Å²) in [4.78, 5) is 10.9. The fraction of sp³-hybridized carbons (Fsp3) is 0.364. The number of benzene rings is 1. The maximum Gasteiger partial charge on any atom is 0.159 e. The molecule has 0 bridgehead atoms. The van der Waals surface area contributed by atoms with E-state index in [1.165, 1.54) is 0 Å². The molecule has 0 heterocycles. The van der Waals surface area contributed by atoms with Crippen LogP contribution in [0, 0.1) is 0 Å². The van der Waals surface area contributed by atoms with Crippen LogP contribution in [0.15, 0.2) is 24.3 Å². The Balaban J connectivity index is 2.87. The Kier molecular flexibility index (Phi) is 3.20. The van der Waals surface area contributed by atoms with Crippen molar-refractivity contribution in [3.8, 4) is 0 Å². The van der Waals surface area contributed by atoms with Crippen molar-refractivity contribution in [1.82, 2.24) is 0 Å². The first-order valence-corrected chi connectivity index (χ1v) is 4.37. The van der Waals surface area contributed by atoms with Crippen molar-refractivity contribution in [2.45, 2.75) is 19.8 Å². The van der Waals surface area contributed by atoms with Crippen molar-refractivity contribution in [1.29, 1.82) is 0 Å². The predicted octanol–water partition coefficient (Wildman–Crippen LogP) is 1.98. The summed E-state index contributed by atoms with van der Waals surface area (Å²) in [5.74, 6) is 0.212. The van der Waals surface area contributed by atoms with Crippen molar-refractivity contribution < 1.29 is 9.90 Å². The molecule has 0 aliphatic heterocycles. The summed E-state index contributed by atoms with van der Waals surface area (Å²) in [5, 5.41) is 8.90. The van der Waals surface area contributed by atoms with Crippen LogP contribution in [-0.2, 0) is 0 Å². The number of hydrogen-bond donors (Lipinski definition) is 1. The smallest absolute Gasteiger partial charge is 0.159 e. The second kappa shape index (κ2) is 4.19. The summed E-state index contributed by atoms with van der Waals surface area (Å²) in [7, 11) is 0. The van der Waals surface area contributed by atoms with Crippen LogP contribution in [0.25, 0.3) is 0 Å². The van der Waals surface area contributed by atoms with Gasteiger partial charge in [0.15, 0.2) is 5.78 Å². The van der Waals surface area contributed by atoms with Gasteiger partial charge in [0.05, 0.1) is 0 Å². The van der Waals surface area contributed by atoms with Gasteiger partial charge in [-0.2, -0.15) is 0 Å². The number of aliphatic hydroxyl groups excluding tert-OH is 1. The lowest BCUT2D eigenvalue weighted by Crippen LogP contribution is -1.99. The maximum absolute atomic E-state index is 10.9. The average Bonchev–Trinajstić information content (AvgIpc) is 2.17. The van der Waals surface area contributed by atoms with E-state index in [-0.39, 0.29) is 18.3 Å². The molecule has 0 aromatic heterocycles. The van der Waals surface area contributed by atoms with Crippen LogP contribution in [0.4, 0.5) is 0 Å². The van der Waals surface area contributed by atoms with Gasteiger partial charge in [-0.1, -0.05) is 31.2 Å². The lowest BCUT2D eigenvalue weighted by molar-refractivity contribution is 0.101. The van der Waals surface area contributed by atoms with Crippen LogP contribution in [0.1, 0.15) is 35.7 Å².